The zero-order chi connectivity index (χ0) is 15.4. The third-order valence-electron chi connectivity index (χ3n) is 3.28. The average molecular weight is 307 g/mol. The Kier molecular flexibility index (Phi) is 5.04. The normalized spacial score (nSPS) is 12.4. The number of likely N-dealkylation sites (N-methyl/N-ethyl adjacent to an activating group) is 1. The third-order valence-corrected chi connectivity index (χ3v) is 3.53. The summed E-state index contributed by atoms with van der Waals surface area (Å²) in [6, 6.07) is 10.7. The summed E-state index contributed by atoms with van der Waals surface area (Å²) < 4.78 is 5.65. The van der Waals surface area contributed by atoms with Gasteiger partial charge >= 0.3 is 0 Å². The molecule has 0 bridgehead atoms. The maximum atomic E-state index is 12.1. The van der Waals surface area contributed by atoms with Crippen LogP contribution >= 0.6 is 11.6 Å². The van der Waals surface area contributed by atoms with Gasteiger partial charge in [-0.05, 0) is 57.4 Å². The van der Waals surface area contributed by atoms with E-state index in [0.717, 1.165) is 11.5 Å². The average Bonchev–Trinajstić information content (AvgIpc) is 2.85. The number of carbonyl (C=O) groups is 1. The molecule has 1 amide bonds. The second-order valence-electron chi connectivity index (χ2n) is 5.14. The van der Waals surface area contributed by atoms with Gasteiger partial charge in [-0.1, -0.05) is 11.6 Å². The predicted octanol–water partition coefficient (Wildman–Crippen LogP) is 3.27. The number of carbonyl (C=O) groups excluding carboxylic acids is 1. The van der Waals surface area contributed by atoms with Gasteiger partial charge in [0, 0.05) is 17.1 Å². The molecule has 2 rings (SSSR count). The molecule has 0 aliphatic heterocycles. The van der Waals surface area contributed by atoms with E-state index in [9.17, 15) is 4.79 Å². The first-order valence-corrected chi connectivity index (χ1v) is 7.11. The van der Waals surface area contributed by atoms with Crippen LogP contribution in [0.3, 0.4) is 0 Å². The van der Waals surface area contributed by atoms with Crippen molar-refractivity contribution >= 4 is 17.5 Å². The van der Waals surface area contributed by atoms with Gasteiger partial charge in [-0.2, -0.15) is 0 Å². The summed E-state index contributed by atoms with van der Waals surface area (Å²) in [5.74, 6) is 1.58. The fraction of sp³-hybridized carbons (Fsp3) is 0.312. The minimum absolute atomic E-state index is 0.00468. The van der Waals surface area contributed by atoms with Crippen LogP contribution in [0.15, 0.2) is 40.8 Å². The molecule has 5 heteroatoms. The molecule has 0 saturated carbocycles. The minimum Gasteiger partial charge on any atom is -0.465 e. The highest BCUT2D eigenvalue weighted by Gasteiger charge is 2.18. The van der Waals surface area contributed by atoms with Crippen LogP contribution in [0, 0.1) is 6.92 Å². The Hall–Kier alpha value is -1.78. The molecule has 0 spiro atoms. The molecule has 1 heterocycles. The standard InChI is InChI=1S/C16H19ClN2O2/c1-11-4-9-15(21-11)14(19(2)3)10-18-16(20)12-5-7-13(17)8-6-12/h4-9,14H,10H2,1-3H3,(H,18,20). The summed E-state index contributed by atoms with van der Waals surface area (Å²) in [4.78, 5) is 14.1. The largest absolute Gasteiger partial charge is 0.465 e. The van der Waals surface area contributed by atoms with E-state index in [0.29, 0.717) is 17.1 Å². The molecule has 0 fully saturated rings. The number of aryl methyl sites for hydroxylation is 1. The number of benzene rings is 1. The SMILES string of the molecule is Cc1ccc(C(CNC(=O)c2ccc(Cl)cc2)N(C)C)o1. The fourth-order valence-corrected chi connectivity index (χ4v) is 2.19. The Balaban J connectivity index is 2.02. The molecule has 21 heavy (non-hydrogen) atoms. The summed E-state index contributed by atoms with van der Waals surface area (Å²) in [7, 11) is 3.91. The maximum absolute atomic E-state index is 12.1. The summed E-state index contributed by atoms with van der Waals surface area (Å²) in [5, 5.41) is 3.54. The van der Waals surface area contributed by atoms with Gasteiger partial charge in [0.2, 0.25) is 0 Å². The van der Waals surface area contributed by atoms with Crippen LogP contribution in [0.5, 0.6) is 0 Å². The first-order valence-electron chi connectivity index (χ1n) is 6.74. The Morgan fingerprint density at radius 1 is 1.24 bits per heavy atom. The van der Waals surface area contributed by atoms with E-state index in [4.69, 9.17) is 16.0 Å². The molecule has 1 aromatic heterocycles. The van der Waals surface area contributed by atoms with Crippen LogP contribution in [0.1, 0.15) is 27.9 Å². The van der Waals surface area contributed by atoms with E-state index in [-0.39, 0.29) is 11.9 Å². The zero-order valence-corrected chi connectivity index (χ0v) is 13.1. The number of amides is 1. The molecule has 2 aromatic rings. The Bertz CT molecular complexity index is 605. The quantitative estimate of drug-likeness (QED) is 0.922. The maximum Gasteiger partial charge on any atom is 0.251 e. The number of halogens is 1. The number of nitrogens with one attached hydrogen (secondary N) is 1. The molecular weight excluding hydrogens is 288 g/mol. The van der Waals surface area contributed by atoms with Crippen LogP contribution in [0.25, 0.3) is 0 Å². The van der Waals surface area contributed by atoms with E-state index in [1.165, 1.54) is 0 Å². The van der Waals surface area contributed by atoms with Gasteiger partial charge in [0.1, 0.15) is 11.5 Å². The number of rotatable bonds is 5. The second kappa shape index (κ2) is 6.78. The molecule has 1 unspecified atom stereocenters. The molecule has 1 N–H and O–H groups in total. The molecule has 4 nitrogen and oxygen atoms in total. The van der Waals surface area contributed by atoms with Crippen LogP contribution in [-0.4, -0.2) is 31.4 Å². The van der Waals surface area contributed by atoms with Gasteiger partial charge in [0.05, 0.1) is 6.04 Å². The van der Waals surface area contributed by atoms with Crippen LogP contribution in [0.2, 0.25) is 5.02 Å². The molecule has 0 aliphatic carbocycles. The monoisotopic (exact) mass is 306 g/mol. The van der Waals surface area contributed by atoms with Crippen molar-refractivity contribution < 1.29 is 9.21 Å². The van der Waals surface area contributed by atoms with Crippen LogP contribution in [-0.2, 0) is 0 Å². The first-order chi connectivity index (χ1) is 9.97. The van der Waals surface area contributed by atoms with Gasteiger partial charge in [-0.3, -0.25) is 9.69 Å². The van der Waals surface area contributed by atoms with Gasteiger partial charge in [0.15, 0.2) is 0 Å². The van der Waals surface area contributed by atoms with E-state index >= 15 is 0 Å². The molecular formula is C16H19ClN2O2. The highest BCUT2D eigenvalue weighted by atomic mass is 35.5. The van der Waals surface area contributed by atoms with Crippen molar-refractivity contribution in [3.8, 4) is 0 Å². The van der Waals surface area contributed by atoms with Crippen LogP contribution < -0.4 is 5.32 Å². The van der Waals surface area contributed by atoms with Crippen molar-refractivity contribution in [1.29, 1.82) is 0 Å². The predicted molar refractivity (Wildman–Crippen MR) is 83.7 cm³/mol. The number of hydrogen-bond acceptors (Lipinski definition) is 3. The Morgan fingerprint density at radius 3 is 2.43 bits per heavy atom. The summed E-state index contributed by atoms with van der Waals surface area (Å²) in [6.07, 6.45) is 0. The van der Waals surface area contributed by atoms with E-state index < -0.39 is 0 Å². The Morgan fingerprint density at radius 2 is 1.90 bits per heavy atom. The number of hydrogen-bond donors (Lipinski definition) is 1. The van der Waals surface area contributed by atoms with Crippen molar-refractivity contribution in [2.45, 2.75) is 13.0 Å². The molecule has 112 valence electrons. The molecule has 1 atom stereocenters. The zero-order valence-electron chi connectivity index (χ0n) is 12.4. The van der Waals surface area contributed by atoms with Gasteiger partial charge in [-0.15, -0.1) is 0 Å². The molecule has 0 radical (unpaired) electrons. The van der Waals surface area contributed by atoms with E-state index in [1.54, 1.807) is 24.3 Å². The number of furan rings is 1. The van der Waals surface area contributed by atoms with Crippen molar-refractivity contribution in [3.63, 3.8) is 0 Å². The van der Waals surface area contributed by atoms with Crippen LogP contribution in [0.4, 0.5) is 0 Å². The van der Waals surface area contributed by atoms with E-state index in [2.05, 4.69) is 5.32 Å². The molecule has 0 saturated heterocycles. The molecule has 1 aromatic carbocycles. The lowest BCUT2D eigenvalue weighted by atomic mass is 10.2. The smallest absolute Gasteiger partial charge is 0.251 e. The highest BCUT2D eigenvalue weighted by Crippen LogP contribution is 2.20. The lowest BCUT2D eigenvalue weighted by Crippen LogP contribution is -2.34. The van der Waals surface area contributed by atoms with Gasteiger partial charge in [-0.25, -0.2) is 0 Å². The summed E-state index contributed by atoms with van der Waals surface area (Å²) >= 11 is 5.82. The lowest BCUT2D eigenvalue weighted by molar-refractivity contribution is 0.0939. The Labute approximate surface area is 129 Å². The summed E-state index contributed by atoms with van der Waals surface area (Å²) in [6.45, 7) is 2.38. The topological polar surface area (TPSA) is 45.5 Å². The van der Waals surface area contributed by atoms with Gasteiger partial charge < -0.3 is 9.73 Å². The molecule has 0 aliphatic rings. The summed E-state index contributed by atoms with van der Waals surface area (Å²) in [5.41, 5.74) is 0.590. The first kappa shape index (κ1) is 15.6. The fourth-order valence-electron chi connectivity index (χ4n) is 2.06. The van der Waals surface area contributed by atoms with Crippen molar-refractivity contribution in [2.75, 3.05) is 20.6 Å². The number of nitrogens with zero attached hydrogens (tertiary/aromatic N) is 1. The van der Waals surface area contributed by atoms with E-state index in [1.807, 2.05) is 38.1 Å². The van der Waals surface area contributed by atoms with Crippen molar-refractivity contribution in [1.82, 2.24) is 10.2 Å². The minimum atomic E-state index is -0.123. The van der Waals surface area contributed by atoms with Crippen molar-refractivity contribution in [2.24, 2.45) is 0 Å². The third kappa shape index (κ3) is 4.09. The highest BCUT2D eigenvalue weighted by molar-refractivity contribution is 6.30. The van der Waals surface area contributed by atoms with Crippen molar-refractivity contribution in [3.05, 3.63) is 58.5 Å². The van der Waals surface area contributed by atoms with Gasteiger partial charge in [0.25, 0.3) is 5.91 Å². The second-order valence-corrected chi connectivity index (χ2v) is 5.58. The lowest BCUT2D eigenvalue weighted by Gasteiger charge is -2.22.